The largest absolute Gasteiger partial charge is 0.444 e. The first-order valence-electron chi connectivity index (χ1n) is 5.79. The maximum Gasteiger partial charge on any atom is 0.408 e. The number of hydrogen-bond donors (Lipinski definition) is 1. The number of hydrogen-bond acceptors (Lipinski definition) is 2. The molecule has 0 aromatic heterocycles. The topological polar surface area (TPSA) is 38.3 Å². The Bertz CT molecular complexity index is 548. The zero-order valence-electron chi connectivity index (χ0n) is 11.3. The van der Waals surface area contributed by atoms with Crippen LogP contribution in [0, 0.1) is 17.7 Å². The van der Waals surface area contributed by atoms with E-state index < -0.39 is 17.5 Å². The summed E-state index contributed by atoms with van der Waals surface area (Å²) in [6, 6.07) is 2.73. The van der Waals surface area contributed by atoms with Crippen molar-refractivity contribution in [3.8, 4) is 11.8 Å². The number of halogens is 3. The van der Waals surface area contributed by atoms with E-state index >= 15 is 0 Å². The van der Waals surface area contributed by atoms with Gasteiger partial charge < -0.3 is 10.1 Å². The van der Waals surface area contributed by atoms with E-state index in [-0.39, 0.29) is 16.6 Å². The molecule has 6 heteroatoms. The fraction of sp³-hybridized carbons (Fsp3) is 0.357. The van der Waals surface area contributed by atoms with Crippen molar-refractivity contribution >= 4 is 29.3 Å². The van der Waals surface area contributed by atoms with Crippen LogP contribution in [0.5, 0.6) is 0 Å². The van der Waals surface area contributed by atoms with Crippen molar-refractivity contribution in [1.29, 1.82) is 0 Å². The molecule has 1 rings (SSSR count). The number of rotatable bonds is 1. The Labute approximate surface area is 127 Å². The van der Waals surface area contributed by atoms with Crippen molar-refractivity contribution in [3.05, 3.63) is 33.6 Å². The van der Waals surface area contributed by atoms with Gasteiger partial charge in [0.2, 0.25) is 0 Å². The molecule has 20 heavy (non-hydrogen) atoms. The minimum Gasteiger partial charge on any atom is -0.444 e. The lowest BCUT2D eigenvalue weighted by atomic mass is 10.2. The summed E-state index contributed by atoms with van der Waals surface area (Å²) in [4.78, 5) is 11.3. The van der Waals surface area contributed by atoms with E-state index in [0.29, 0.717) is 5.56 Å². The number of carbonyl (C=O) groups excluding carboxylic acids is 1. The SMILES string of the molecule is CC(C)(C)OC(=O)NCC#Cc1cc(Cl)c(F)c(Cl)c1. The van der Waals surface area contributed by atoms with Crippen LogP contribution in [-0.4, -0.2) is 18.2 Å². The van der Waals surface area contributed by atoms with Gasteiger partial charge in [-0.25, -0.2) is 9.18 Å². The third-order valence-corrected chi connectivity index (χ3v) is 2.49. The summed E-state index contributed by atoms with van der Waals surface area (Å²) < 4.78 is 18.2. The Morgan fingerprint density at radius 2 is 1.90 bits per heavy atom. The lowest BCUT2D eigenvalue weighted by Crippen LogP contribution is -2.32. The summed E-state index contributed by atoms with van der Waals surface area (Å²) >= 11 is 11.3. The number of amides is 1. The fourth-order valence-electron chi connectivity index (χ4n) is 1.20. The van der Waals surface area contributed by atoms with Crippen LogP contribution in [-0.2, 0) is 4.74 Å². The Morgan fingerprint density at radius 1 is 1.35 bits per heavy atom. The zero-order chi connectivity index (χ0) is 15.3. The smallest absolute Gasteiger partial charge is 0.408 e. The minimum absolute atomic E-state index is 0.0955. The quantitative estimate of drug-likeness (QED) is 0.628. The molecule has 0 saturated carbocycles. The molecule has 0 atom stereocenters. The van der Waals surface area contributed by atoms with Crippen molar-refractivity contribution in [3.63, 3.8) is 0 Å². The molecule has 0 radical (unpaired) electrons. The lowest BCUT2D eigenvalue weighted by molar-refractivity contribution is 0.0535. The first-order valence-corrected chi connectivity index (χ1v) is 6.55. The van der Waals surface area contributed by atoms with Gasteiger partial charge in [-0.3, -0.25) is 0 Å². The molecule has 108 valence electrons. The van der Waals surface area contributed by atoms with Gasteiger partial charge in [0.25, 0.3) is 0 Å². The van der Waals surface area contributed by atoms with E-state index in [1.807, 2.05) is 0 Å². The van der Waals surface area contributed by atoms with Crippen molar-refractivity contribution in [2.45, 2.75) is 26.4 Å². The number of carbonyl (C=O) groups is 1. The molecule has 1 aromatic carbocycles. The second-order valence-corrected chi connectivity index (χ2v) is 5.73. The predicted octanol–water partition coefficient (Wildman–Crippen LogP) is 4.01. The molecule has 3 nitrogen and oxygen atoms in total. The van der Waals surface area contributed by atoms with Gasteiger partial charge in [-0.05, 0) is 32.9 Å². The second kappa shape index (κ2) is 6.83. The Balaban J connectivity index is 2.58. The first-order chi connectivity index (χ1) is 9.19. The van der Waals surface area contributed by atoms with E-state index in [9.17, 15) is 9.18 Å². The van der Waals surface area contributed by atoms with Crippen LogP contribution in [0.4, 0.5) is 9.18 Å². The van der Waals surface area contributed by atoms with E-state index in [1.165, 1.54) is 12.1 Å². The monoisotopic (exact) mass is 317 g/mol. The molecule has 0 aliphatic heterocycles. The third kappa shape index (κ3) is 5.68. The second-order valence-electron chi connectivity index (χ2n) is 4.91. The summed E-state index contributed by atoms with van der Waals surface area (Å²) in [5.41, 5.74) is -0.0948. The number of ether oxygens (including phenoxy) is 1. The highest BCUT2D eigenvalue weighted by Crippen LogP contribution is 2.24. The maximum absolute atomic E-state index is 13.2. The van der Waals surface area contributed by atoms with Crippen molar-refractivity contribution in [2.75, 3.05) is 6.54 Å². The molecular weight excluding hydrogens is 304 g/mol. The van der Waals surface area contributed by atoms with Crippen molar-refractivity contribution < 1.29 is 13.9 Å². The normalized spacial score (nSPS) is 10.5. The fourth-order valence-corrected chi connectivity index (χ4v) is 1.69. The van der Waals surface area contributed by atoms with Crippen LogP contribution >= 0.6 is 23.2 Å². The molecule has 0 saturated heterocycles. The van der Waals surface area contributed by atoms with Gasteiger partial charge in [-0.1, -0.05) is 35.0 Å². The number of alkyl carbamates (subject to hydrolysis) is 1. The summed E-state index contributed by atoms with van der Waals surface area (Å²) in [6.07, 6.45) is -0.554. The summed E-state index contributed by atoms with van der Waals surface area (Å²) in [5.74, 6) is 4.73. The summed E-state index contributed by atoms with van der Waals surface area (Å²) in [5, 5.41) is 2.28. The van der Waals surface area contributed by atoms with E-state index in [4.69, 9.17) is 27.9 Å². The van der Waals surface area contributed by atoms with E-state index in [2.05, 4.69) is 17.2 Å². The van der Waals surface area contributed by atoms with Crippen LogP contribution in [0.3, 0.4) is 0 Å². The van der Waals surface area contributed by atoms with Crippen molar-refractivity contribution in [2.24, 2.45) is 0 Å². The Hall–Kier alpha value is -1.44. The van der Waals surface area contributed by atoms with Gasteiger partial charge >= 0.3 is 6.09 Å². The van der Waals surface area contributed by atoms with Crippen LogP contribution in [0.15, 0.2) is 12.1 Å². The summed E-state index contributed by atoms with van der Waals surface area (Å²) in [7, 11) is 0. The van der Waals surface area contributed by atoms with E-state index in [1.54, 1.807) is 20.8 Å². The van der Waals surface area contributed by atoms with Gasteiger partial charge in [0, 0.05) is 5.56 Å². The Kier molecular flexibility index (Phi) is 5.67. The molecule has 0 spiro atoms. The highest BCUT2D eigenvalue weighted by molar-refractivity contribution is 6.35. The predicted molar refractivity (Wildman–Crippen MR) is 77.5 cm³/mol. The maximum atomic E-state index is 13.2. The van der Waals surface area contributed by atoms with Gasteiger partial charge in [0.1, 0.15) is 5.60 Å². The lowest BCUT2D eigenvalue weighted by Gasteiger charge is -2.18. The van der Waals surface area contributed by atoms with Crippen LogP contribution in [0.1, 0.15) is 26.3 Å². The molecular formula is C14H14Cl2FNO2. The Morgan fingerprint density at radius 3 is 2.40 bits per heavy atom. The zero-order valence-corrected chi connectivity index (χ0v) is 12.8. The standard InChI is InChI=1S/C14H14Cl2FNO2/c1-14(2,3)20-13(19)18-6-4-5-9-7-10(15)12(17)11(16)8-9/h7-8H,6H2,1-3H3,(H,18,19). The first kappa shape index (κ1) is 16.6. The average Bonchev–Trinajstić information content (AvgIpc) is 2.29. The third-order valence-electron chi connectivity index (χ3n) is 1.94. The van der Waals surface area contributed by atoms with Crippen LogP contribution < -0.4 is 5.32 Å². The average molecular weight is 318 g/mol. The summed E-state index contributed by atoms with van der Waals surface area (Å²) in [6.45, 7) is 5.39. The van der Waals surface area contributed by atoms with Gasteiger partial charge in [-0.15, -0.1) is 0 Å². The molecule has 1 aromatic rings. The van der Waals surface area contributed by atoms with Crippen LogP contribution in [0.25, 0.3) is 0 Å². The molecule has 0 fully saturated rings. The number of benzene rings is 1. The molecule has 0 bridgehead atoms. The van der Waals surface area contributed by atoms with Crippen LogP contribution in [0.2, 0.25) is 10.0 Å². The molecule has 0 unspecified atom stereocenters. The van der Waals surface area contributed by atoms with Gasteiger partial charge in [0.15, 0.2) is 5.82 Å². The molecule has 1 amide bonds. The van der Waals surface area contributed by atoms with E-state index in [0.717, 1.165) is 0 Å². The molecule has 0 aliphatic rings. The van der Waals surface area contributed by atoms with Crippen molar-refractivity contribution in [1.82, 2.24) is 5.32 Å². The highest BCUT2D eigenvalue weighted by atomic mass is 35.5. The highest BCUT2D eigenvalue weighted by Gasteiger charge is 2.15. The number of nitrogens with one attached hydrogen (secondary N) is 1. The molecule has 0 aliphatic carbocycles. The van der Waals surface area contributed by atoms with Gasteiger partial charge in [-0.2, -0.15) is 0 Å². The minimum atomic E-state index is -0.675. The molecule has 0 heterocycles. The molecule has 1 N–H and O–H groups in total. The van der Waals surface area contributed by atoms with Gasteiger partial charge in [0.05, 0.1) is 16.6 Å².